The highest BCUT2D eigenvalue weighted by Crippen LogP contribution is 2.54. The van der Waals surface area contributed by atoms with Crippen LogP contribution in [0.2, 0.25) is 0 Å². The Bertz CT molecular complexity index is 950. The lowest BCUT2D eigenvalue weighted by atomic mass is 9.28. The highest BCUT2D eigenvalue weighted by Gasteiger charge is 2.66. The Kier molecular flexibility index (Phi) is 6.31. The van der Waals surface area contributed by atoms with Gasteiger partial charge in [0.25, 0.3) is 0 Å². The SMILES string of the molecule is OB(O)C(c1ccccc1)(c1ccccc1)C(B(O)O)(c1ccccc1)c1ccccc1. The molecular formula is C26H24B2O4. The average Bonchev–Trinajstić information content (AvgIpc) is 2.84. The molecule has 0 aliphatic carbocycles. The normalized spacial score (nSPS) is 11.8. The second-order valence-corrected chi connectivity index (χ2v) is 7.83. The van der Waals surface area contributed by atoms with Crippen LogP contribution in [0.15, 0.2) is 121 Å². The summed E-state index contributed by atoms with van der Waals surface area (Å²) in [7, 11) is -3.95. The van der Waals surface area contributed by atoms with Crippen LogP contribution in [0.1, 0.15) is 22.3 Å². The van der Waals surface area contributed by atoms with E-state index in [1.165, 1.54) is 0 Å². The minimum Gasteiger partial charge on any atom is -0.426 e. The van der Waals surface area contributed by atoms with E-state index in [0.717, 1.165) is 0 Å². The van der Waals surface area contributed by atoms with Gasteiger partial charge in [0.05, 0.1) is 10.6 Å². The molecule has 4 aromatic carbocycles. The topological polar surface area (TPSA) is 80.9 Å². The summed E-state index contributed by atoms with van der Waals surface area (Å²) < 4.78 is 0. The number of hydrogen-bond donors (Lipinski definition) is 4. The van der Waals surface area contributed by atoms with Gasteiger partial charge in [-0.3, -0.25) is 0 Å². The lowest BCUT2D eigenvalue weighted by Crippen LogP contribution is -2.67. The largest absolute Gasteiger partial charge is 0.468 e. The van der Waals surface area contributed by atoms with Crippen molar-refractivity contribution in [3.63, 3.8) is 0 Å². The van der Waals surface area contributed by atoms with E-state index in [0.29, 0.717) is 22.3 Å². The third-order valence-corrected chi connectivity index (χ3v) is 6.31. The molecule has 0 aliphatic heterocycles. The van der Waals surface area contributed by atoms with Crippen molar-refractivity contribution in [3.8, 4) is 0 Å². The van der Waals surface area contributed by atoms with Gasteiger partial charge in [-0.2, -0.15) is 0 Å². The first-order chi connectivity index (χ1) is 15.6. The lowest BCUT2D eigenvalue weighted by molar-refractivity contribution is 0.284. The second-order valence-electron chi connectivity index (χ2n) is 7.83. The van der Waals surface area contributed by atoms with Gasteiger partial charge in [0.2, 0.25) is 0 Å². The minimum atomic E-state index is -1.98. The molecule has 0 heterocycles. The van der Waals surface area contributed by atoms with Crippen molar-refractivity contribution < 1.29 is 20.1 Å². The van der Waals surface area contributed by atoms with Gasteiger partial charge in [0.15, 0.2) is 0 Å². The first-order valence-corrected chi connectivity index (χ1v) is 10.5. The highest BCUT2D eigenvalue weighted by molar-refractivity contribution is 6.56. The van der Waals surface area contributed by atoms with Crippen LogP contribution in [-0.4, -0.2) is 34.3 Å². The molecule has 158 valence electrons. The average molecular weight is 422 g/mol. The molecule has 32 heavy (non-hydrogen) atoms. The van der Waals surface area contributed by atoms with Crippen molar-refractivity contribution in [2.24, 2.45) is 0 Å². The van der Waals surface area contributed by atoms with Crippen LogP contribution in [0.4, 0.5) is 0 Å². The second kappa shape index (κ2) is 9.15. The molecule has 6 heteroatoms. The van der Waals surface area contributed by atoms with Gasteiger partial charge in [0.1, 0.15) is 0 Å². The molecule has 4 nitrogen and oxygen atoms in total. The summed E-state index contributed by atoms with van der Waals surface area (Å²) in [6.07, 6.45) is 0. The summed E-state index contributed by atoms with van der Waals surface area (Å²) in [6, 6.07) is 36.1. The molecule has 0 amide bonds. The Morgan fingerprint density at radius 1 is 0.344 bits per heavy atom. The van der Waals surface area contributed by atoms with Crippen LogP contribution in [0.5, 0.6) is 0 Å². The molecule has 4 N–H and O–H groups in total. The Labute approximate surface area is 188 Å². The molecule has 0 unspecified atom stereocenters. The van der Waals surface area contributed by atoms with Gasteiger partial charge >= 0.3 is 14.2 Å². The molecule has 0 atom stereocenters. The maximum Gasteiger partial charge on any atom is 0.468 e. The first-order valence-electron chi connectivity index (χ1n) is 10.5. The van der Waals surface area contributed by atoms with Gasteiger partial charge in [-0.05, 0) is 22.3 Å². The number of rotatable bonds is 7. The molecule has 0 aliphatic rings. The molecular weight excluding hydrogens is 398 g/mol. The Morgan fingerprint density at radius 2 is 0.531 bits per heavy atom. The Hall–Kier alpha value is -3.15. The van der Waals surface area contributed by atoms with Gasteiger partial charge in [-0.1, -0.05) is 121 Å². The van der Waals surface area contributed by atoms with E-state index in [2.05, 4.69) is 0 Å². The van der Waals surface area contributed by atoms with Crippen LogP contribution in [0.3, 0.4) is 0 Å². The maximum absolute atomic E-state index is 11.2. The van der Waals surface area contributed by atoms with Crippen LogP contribution < -0.4 is 0 Å². The van der Waals surface area contributed by atoms with Crippen molar-refractivity contribution in [1.29, 1.82) is 0 Å². The summed E-state index contributed by atoms with van der Waals surface area (Å²) >= 11 is 0. The molecule has 4 aromatic rings. The smallest absolute Gasteiger partial charge is 0.426 e. The fourth-order valence-electron chi connectivity index (χ4n) is 5.05. The van der Waals surface area contributed by atoms with Crippen LogP contribution in [0, 0.1) is 0 Å². The summed E-state index contributed by atoms with van der Waals surface area (Å²) in [4.78, 5) is 0. The molecule has 0 fully saturated rings. The molecule has 0 spiro atoms. The van der Waals surface area contributed by atoms with E-state index in [1.807, 2.05) is 24.3 Å². The van der Waals surface area contributed by atoms with Gasteiger partial charge < -0.3 is 20.1 Å². The van der Waals surface area contributed by atoms with E-state index in [9.17, 15) is 20.1 Å². The van der Waals surface area contributed by atoms with E-state index >= 15 is 0 Å². The zero-order valence-electron chi connectivity index (χ0n) is 17.5. The molecule has 0 aromatic heterocycles. The summed E-state index contributed by atoms with van der Waals surface area (Å²) in [5.74, 6) is 0. The molecule has 4 rings (SSSR count). The standard InChI is InChI=1S/C26H24B2O4/c29-27(30)25(21-13-5-1-6-14-21,22-15-7-2-8-16-22)26(28(31)32,23-17-9-3-10-18-23)24-19-11-4-12-20-24/h1-20,29-32H. The van der Waals surface area contributed by atoms with E-state index in [4.69, 9.17) is 0 Å². The van der Waals surface area contributed by atoms with Crippen molar-refractivity contribution >= 4 is 14.2 Å². The van der Waals surface area contributed by atoms with Crippen molar-refractivity contribution in [2.45, 2.75) is 10.6 Å². The van der Waals surface area contributed by atoms with E-state index < -0.39 is 24.9 Å². The number of hydrogen-bond acceptors (Lipinski definition) is 4. The van der Waals surface area contributed by atoms with Crippen LogP contribution in [0.25, 0.3) is 0 Å². The van der Waals surface area contributed by atoms with Gasteiger partial charge in [-0.15, -0.1) is 0 Å². The Morgan fingerprint density at radius 3 is 0.688 bits per heavy atom. The fraction of sp³-hybridized carbons (Fsp3) is 0.0769. The van der Waals surface area contributed by atoms with Crippen molar-refractivity contribution in [3.05, 3.63) is 144 Å². The van der Waals surface area contributed by atoms with Crippen molar-refractivity contribution in [1.82, 2.24) is 0 Å². The zero-order valence-corrected chi connectivity index (χ0v) is 17.5. The third-order valence-electron chi connectivity index (χ3n) is 6.31. The fourth-order valence-corrected chi connectivity index (χ4v) is 5.05. The monoisotopic (exact) mass is 422 g/mol. The van der Waals surface area contributed by atoms with E-state index in [-0.39, 0.29) is 0 Å². The maximum atomic E-state index is 11.2. The molecule has 0 saturated carbocycles. The molecule has 0 radical (unpaired) electrons. The highest BCUT2D eigenvalue weighted by atomic mass is 16.4. The summed E-state index contributed by atoms with van der Waals surface area (Å²) in [5.41, 5.74) is 2.17. The predicted molar refractivity (Wildman–Crippen MR) is 128 cm³/mol. The Balaban J connectivity index is 2.26. The predicted octanol–water partition coefficient (Wildman–Crippen LogP) is 2.98. The zero-order chi connectivity index (χ0) is 22.6. The summed E-state index contributed by atoms with van der Waals surface area (Å²) in [5, 5.41) is 41.5. The minimum absolute atomic E-state index is 0.544. The van der Waals surface area contributed by atoms with Crippen molar-refractivity contribution in [2.75, 3.05) is 0 Å². The van der Waals surface area contributed by atoms with Gasteiger partial charge in [-0.25, -0.2) is 0 Å². The lowest BCUT2D eigenvalue weighted by Gasteiger charge is -2.51. The summed E-state index contributed by atoms with van der Waals surface area (Å²) in [6.45, 7) is 0. The first kappa shape index (κ1) is 22.1. The van der Waals surface area contributed by atoms with E-state index in [1.54, 1.807) is 97.1 Å². The van der Waals surface area contributed by atoms with Crippen LogP contribution >= 0.6 is 0 Å². The van der Waals surface area contributed by atoms with Crippen LogP contribution in [-0.2, 0) is 10.6 Å². The third kappa shape index (κ3) is 3.29. The molecule has 0 saturated heterocycles. The quantitative estimate of drug-likeness (QED) is 0.346. The number of benzene rings is 4. The molecule has 0 bridgehead atoms. The van der Waals surface area contributed by atoms with Gasteiger partial charge in [0, 0.05) is 0 Å².